The molecule has 1 saturated heterocycles. The molecule has 5 rings (SSSR count). The number of amides is 1. The Morgan fingerprint density at radius 1 is 1.39 bits per heavy atom. The molecule has 31 heavy (non-hydrogen) atoms. The fourth-order valence-electron chi connectivity index (χ4n) is 4.39. The summed E-state index contributed by atoms with van der Waals surface area (Å²) in [4.78, 5) is 22.2. The molecule has 0 spiro atoms. The Kier molecular flexibility index (Phi) is 5.66. The predicted octanol–water partition coefficient (Wildman–Crippen LogP) is 1.48. The van der Waals surface area contributed by atoms with E-state index in [0.717, 1.165) is 31.0 Å². The van der Waals surface area contributed by atoms with Crippen molar-refractivity contribution >= 4 is 29.1 Å². The number of nitrogens with two attached hydrogens (primary N) is 1. The summed E-state index contributed by atoms with van der Waals surface area (Å²) in [6.45, 7) is 2.81. The van der Waals surface area contributed by atoms with E-state index in [1.165, 1.54) is 11.1 Å². The van der Waals surface area contributed by atoms with Crippen LogP contribution in [0.3, 0.4) is 0 Å². The molecule has 1 aromatic heterocycles. The van der Waals surface area contributed by atoms with Gasteiger partial charge in [0.2, 0.25) is 0 Å². The van der Waals surface area contributed by atoms with E-state index in [4.69, 9.17) is 26.8 Å². The van der Waals surface area contributed by atoms with Gasteiger partial charge in [-0.2, -0.15) is 0 Å². The van der Waals surface area contributed by atoms with Crippen LogP contribution in [0.1, 0.15) is 23.6 Å². The van der Waals surface area contributed by atoms with Gasteiger partial charge in [-0.05, 0) is 42.5 Å². The first-order valence-electron chi connectivity index (χ1n) is 10.5. The number of halogens is 1. The minimum atomic E-state index is -0.229. The molecule has 10 heteroatoms. The lowest BCUT2D eigenvalue weighted by Crippen LogP contribution is -2.31. The molecule has 2 aliphatic heterocycles. The van der Waals surface area contributed by atoms with E-state index in [1.54, 1.807) is 6.20 Å². The molecule has 4 N–H and O–H groups in total. The van der Waals surface area contributed by atoms with Crippen molar-refractivity contribution in [2.45, 2.75) is 25.0 Å². The number of hydrogen-bond acceptors (Lipinski definition) is 8. The highest BCUT2D eigenvalue weighted by Gasteiger charge is 2.31. The van der Waals surface area contributed by atoms with Crippen molar-refractivity contribution < 1.29 is 14.3 Å². The highest BCUT2D eigenvalue weighted by Crippen LogP contribution is 2.37. The number of carbonyl (C=O) groups excluding carboxylic acids is 1. The maximum atomic E-state index is 11.5. The van der Waals surface area contributed by atoms with Crippen LogP contribution in [0, 0.1) is 5.92 Å². The zero-order chi connectivity index (χ0) is 21.4. The van der Waals surface area contributed by atoms with Crippen LogP contribution in [0.25, 0.3) is 0 Å². The zero-order valence-electron chi connectivity index (χ0n) is 17.0. The Labute approximate surface area is 185 Å². The molecule has 1 aromatic carbocycles. The first-order chi connectivity index (χ1) is 15.1. The number of carbonyl (C=O) groups is 1. The monoisotopic (exact) mass is 444 g/mol. The topological polar surface area (TPSA) is 115 Å². The molecule has 1 fully saturated rings. The van der Waals surface area contributed by atoms with E-state index in [0.29, 0.717) is 36.7 Å². The first-order valence-corrected chi connectivity index (χ1v) is 10.9. The van der Waals surface area contributed by atoms with Crippen molar-refractivity contribution in [1.29, 1.82) is 0 Å². The molecule has 0 saturated carbocycles. The quantitative estimate of drug-likeness (QED) is 0.574. The molecule has 0 radical (unpaired) electrons. The van der Waals surface area contributed by atoms with Gasteiger partial charge in [0.15, 0.2) is 18.2 Å². The van der Waals surface area contributed by atoms with Crippen LogP contribution in [0.5, 0.6) is 5.88 Å². The van der Waals surface area contributed by atoms with Gasteiger partial charge in [-0.15, -0.1) is 0 Å². The van der Waals surface area contributed by atoms with Crippen molar-refractivity contribution in [3.05, 3.63) is 40.5 Å². The Bertz CT molecular complexity index is 990. The first kappa shape index (κ1) is 20.4. The van der Waals surface area contributed by atoms with Gasteiger partial charge < -0.3 is 30.7 Å². The van der Waals surface area contributed by atoms with E-state index in [1.807, 2.05) is 17.0 Å². The maximum absolute atomic E-state index is 11.5. The predicted molar refractivity (Wildman–Crippen MR) is 116 cm³/mol. The second kappa shape index (κ2) is 8.58. The molecule has 3 aliphatic rings. The third-order valence-corrected chi connectivity index (χ3v) is 6.43. The van der Waals surface area contributed by atoms with Gasteiger partial charge in [0.25, 0.3) is 11.8 Å². The van der Waals surface area contributed by atoms with Gasteiger partial charge in [0.1, 0.15) is 6.73 Å². The van der Waals surface area contributed by atoms with Crippen molar-refractivity contribution in [3.63, 3.8) is 0 Å². The van der Waals surface area contributed by atoms with Crippen molar-refractivity contribution in [2.75, 3.05) is 43.2 Å². The summed E-state index contributed by atoms with van der Waals surface area (Å²) in [6, 6.07) is 5.99. The van der Waals surface area contributed by atoms with Crippen LogP contribution in [0.4, 0.5) is 11.6 Å². The number of anilines is 2. The van der Waals surface area contributed by atoms with E-state index < -0.39 is 0 Å². The Morgan fingerprint density at radius 2 is 2.29 bits per heavy atom. The summed E-state index contributed by atoms with van der Waals surface area (Å²) in [7, 11) is 0. The second-order valence-electron chi connectivity index (χ2n) is 8.15. The van der Waals surface area contributed by atoms with Gasteiger partial charge in [-0.25, -0.2) is 9.97 Å². The van der Waals surface area contributed by atoms with Crippen molar-refractivity contribution in [2.24, 2.45) is 11.7 Å². The van der Waals surface area contributed by atoms with Gasteiger partial charge in [0.05, 0.1) is 12.3 Å². The van der Waals surface area contributed by atoms with Crippen LogP contribution in [-0.4, -0.2) is 55.0 Å². The van der Waals surface area contributed by atoms with Crippen molar-refractivity contribution in [3.8, 4) is 5.88 Å². The fraction of sp³-hybridized carbons (Fsp3) is 0.476. The summed E-state index contributed by atoms with van der Waals surface area (Å²) < 4.78 is 11.2. The molecular formula is C21H25ClN6O3. The van der Waals surface area contributed by atoms with E-state index in [2.05, 4.69) is 26.7 Å². The number of aromatic nitrogens is 2. The lowest BCUT2D eigenvalue weighted by Gasteiger charge is -2.20. The van der Waals surface area contributed by atoms with Crippen molar-refractivity contribution in [1.82, 2.24) is 15.3 Å². The minimum absolute atomic E-state index is 0.0199. The van der Waals surface area contributed by atoms with Gasteiger partial charge in [0, 0.05) is 24.2 Å². The van der Waals surface area contributed by atoms with Crippen LogP contribution in [0.15, 0.2) is 24.4 Å². The molecule has 2 aromatic rings. The lowest BCUT2D eigenvalue weighted by molar-refractivity contribution is -0.118. The largest absolute Gasteiger partial charge is 0.465 e. The Hall–Kier alpha value is -2.46. The van der Waals surface area contributed by atoms with Crippen LogP contribution >= 0.6 is 11.6 Å². The second-order valence-corrected chi connectivity index (χ2v) is 8.56. The average molecular weight is 445 g/mol. The highest BCUT2D eigenvalue weighted by molar-refractivity contribution is 6.31. The number of nitrogens with one attached hydrogen (secondary N) is 2. The van der Waals surface area contributed by atoms with Gasteiger partial charge >= 0.3 is 0 Å². The normalized spacial score (nSPS) is 24.5. The minimum Gasteiger partial charge on any atom is -0.465 e. The van der Waals surface area contributed by atoms with E-state index >= 15 is 0 Å². The Morgan fingerprint density at radius 3 is 3.16 bits per heavy atom. The average Bonchev–Trinajstić information content (AvgIpc) is 3.37. The molecule has 1 amide bonds. The SMILES string of the molecule is N[C@@H]1c2cccc(Cl)c2C[C@H]1CNCC[C@H]1CN(c2cnc3c(n2)NC(=O)CO3)CO1. The molecule has 0 unspecified atom stereocenters. The summed E-state index contributed by atoms with van der Waals surface area (Å²) in [5.74, 6) is 1.48. The molecule has 1 aliphatic carbocycles. The Balaban J connectivity index is 1.08. The third-order valence-electron chi connectivity index (χ3n) is 6.08. The summed E-state index contributed by atoms with van der Waals surface area (Å²) in [5.41, 5.74) is 8.78. The fourth-order valence-corrected chi connectivity index (χ4v) is 4.65. The van der Waals surface area contributed by atoms with Crippen LogP contribution < -0.4 is 26.0 Å². The lowest BCUT2D eigenvalue weighted by atomic mass is 10.0. The molecule has 3 atom stereocenters. The van der Waals surface area contributed by atoms with Crippen LogP contribution in [0.2, 0.25) is 5.02 Å². The standard InChI is InChI=1S/C21H25ClN6O3/c22-16-3-1-2-14-15(16)6-12(19(14)23)7-24-5-4-13-9-28(11-31-13)17-8-25-21-20(26-17)27-18(29)10-30-21/h1-3,8,12-13,19,24H,4-7,9-11,23H2,(H,26,27,29)/t12-,13-,19-/m0/s1. The summed E-state index contributed by atoms with van der Waals surface area (Å²) in [5, 5.41) is 7.02. The van der Waals surface area contributed by atoms with Gasteiger partial charge in [-0.1, -0.05) is 23.7 Å². The molecule has 0 bridgehead atoms. The molecular weight excluding hydrogens is 420 g/mol. The van der Waals surface area contributed by atoms with E-state index in [9.17, 15) is 4.79 Å². The molecule has 3 heterocycles. The zero-order valence-corrected chi connectivity index (χ0v) is 17.8. The maximum Gasteiger partial charge on any atom is 0.263 e. The number of fused-ring (bicyclic) bond motifs is 2. The highest BCUT2D eigenvalue weighted by atomic mass is 35.5. The summed E-state index contributed by atoms with van der Waals surface area (Å²) >= 11 is 6.32. The molecule has 9 nitrogen and oxygen atoms in total. The number of hydrogen-bond donors (Lipinski definition) is 3. The smallest absolute Gasteiger partial charge is 0.263 e. The number of nitrogens with zero attached hydrogens (tertiary/aromatic N) is 3. The molecule has 164 valence electrons. The summed E-state index contributed by atoms with van der Waals surface area (Å²) in [6.07, 6.45) is 3.53. The number of benzene rings is 1. The number of rotatable bonds is 6. The number of ether oxygens (including phenoxy) is 2. The van der Waals surface area contributed by atoms with Gasteiger partial charge in [-0.3, -0.25) is 4.79 Å². The third kappa shape index (κ3) is 4.18. The van der Waals surface area contributed by atoms with E-state index in [-0.39, 0.29) is 24.7 Å². The van der Waals surface area contributed by atoms with Crippen LogP contribution in [-0.2, 0) is 16.0 Å².